The van der Waals surface area contributed by atoms with Crippen molar-refractivity contribution >= 4 is 5.97 Å². The molecule has 0 atom stereocenters. The van der Waals surface area contributed by atoms with Gasteiger partial charge in [-0.05, 0) is 12.5 Å². The minimum atomic E-state index is -0.214. The summed E-state index contributed by atoms with van der Waals surface area (Å²) < 4.78 is 4.79. The summed E-state index contributed by atoms with van der Waals surface area (Å²) in [5, 5.41) is 0. The van der Waals surface area contributed by atoms with Gasteiger partial charge in [-0.1, -0.05) is 32.9 Å². The summed E-state index contributed by atoms with van der Waals surface area (Å²) in [6, 6.07) is 0. The Labute approximate surface area is 73.9 Å². The van der Waals surface area contributed by atoms with Crippen molar-refractivity contribution in [1.82, 2.24) is 0 Å². The lowest BCUT2D eigenvalue weighted by molar-refractivity contribution is -0.139. The summed E-state index contributed by atoms with van der Waals surface area (Å²) in [4.78, 5) is 11.0. The molecule has 0 aromatic rings. The molecular formula is C10H16O2. The molecule has 0 aromatic carbocycles. The van der Waals surface area contributed by atoms with Gasteiger partial charge in [-0.15, -0.1) is 0 Å². The number of esters is 1. The van der Waals surface area contributed by atoms with Crippen LogP contribution in [-0.2, 0) is 9.53 Å². The second kappa shape index (κ2) is 6.65. The predicted octanol–water partition coefficient (Wildman–Crippen LogP) is 2.81. The fourth-order valence-corrected chi connectivity index (χ4v) is 0.758. The summed E-state index contributed by atoms with van der Waals surface area (Å²) in [6.07, 6.45) is 4.96. The van der Waals surface area contributed by atoms with Crippen LogP contribution >= 0.6 is 0 Å². The Bertz CT molecular complexity index is 171. The normalized spacial score (nSPS) is 9.08. The molecular weight excluding hydrogens is 152 g/mol. The van der Waals surface area contributed by atoms with E-state index in [1.165, 1.54) is 6.08 Å². The number of hydrogen-bond acceptors (Lipinski definition) is 2. The highest BCUT2D eigenvalue weighted by atomic mass is 16.5. The zero-order valence-electron chi connectivity index (χ0n) is 7.64. The molecule has 0 N–H and O–H groups in total. The molecule has 0 saturated carbocycles. The Morgan fingerprint density at radius 3 is 2.67 bits per heavy atom. The number of carbonyl (C=O) groups excluding carboxylic acids is 1. The topological polar surface area (TPSA) is 26.3 Å². The quantitative estimate of drug-likeness (QED) is 0.264. The SMILES string of the molecule is C=CC(=C)OC(=O)CCCCC. The molecule has 2 nitrogen and oxygen atoms in total. The van der Waals surface area contributed by atoms with Gasteiger partial charge in [0.1, 0.15) is 5.76 Å². The van der Waals surface area contributed by atoms with E-state index in [-0.39, 0.29) is 5.97 Å². The van der Waals surface area contributed by atoms with E-state index < -0.39 is 0 Å². The van der Waals surface area contributed by atoms with Gasteiger partial charge in [-0.25, -0.2) is 0 Å². The van der Waals surface area contributed by atoms with E-state index in [0.717, 1.165) is 19.3 Å². The Balaban J connectivity index is 3.46. The van der Waals surface area contributed by atoms with Gasteiger partial charge in [0, 0.05) is 6.42 Å². The molecule has 0 heterocycles. The Kier molecular flexibility index (Phi) is 6.07. The lowest BCUT2D eigenvalue weighted by Crippen LogP contribution is -2.01. The number of ether oxygens (including phenoxy) is 1. The Morgan fingerprint density at radius 1 is 1.50 bits per heavy atom. The summed E-state index contributed by atoms with van der Waals surface area (Å²) in [6.45, 7) is 9.00. The molecule has 2 heteroatoms. The molecule has 0 aromatic heterocycles. The average Bonchev–Trinajstić information content (AvgIpc) is 2.05. The van der Waals surface area contributed by atoms with E-state index in [0.29, 0.717) is 12.2 Å². The summed E-state index contributed by atoms with van der Waals surface area (Å²) in [5.41, 5.74) is 0. The highest BCUT2D eigenvalue weighted by Gasteiger charge is 2.01. The first-order valence-electron chi connectivity index (χ1n) is 4.22. The standard InChI is InChI=1S/C10H16O2/c1-4-6-7-8-10(11)12-9(3)5-2/h5H,2-4,6-8H2,1H3. The molecule has 0 aliphatic rings. The van der Waals surface area contributed by atoms with Crippen LogP contribution < -0.4 is 0 Å². The molecule has 0 unspecified atom stereocenters. The Hall–Kier alpha value is -1.05. The van der Waals surface area contributed by atoms with Crippen LogP contribution in [0.4, 0.5) is 0 Å². The van der Waals surface area contributed by atoms with Gasteiger partial charge < -0.3 is 4.74 Å². The first-order chi connectivity index (χ1) is 5.70. The van der Waals surface area contributed by atoms with Crippen molar-refractivity contribution in [2.24, 2.45) is 0 Å². The number of unbranched alkanes of at least 4 members (excludes halogenated alkanes) is 2. The van der Waals surface area contributed by atoms with Gasteiger partial charge in [0.15, 0.2) is 0 Å². The van der Waals surface area contributed by atoms with Gasteiger partial charge in [0.25, 0.3) is 0 Å². The van der Waals surface area contributed by atoms with Crippen LogP contribution in [0.5, 0.6) is 0 Å². The second-order valence-electron chi connectivity index (χ2n) is 2.60. The maximum atomic E-state index is 11.0. The van der Waals surface area contributed by atoms with Crippen molar-refractivity contribution in [3.63, 3.8) is 0 Å². The molecule has 0 aliphatic heterocycles. The van der Waals surface area contributed by atoms with Crippen molar-refractivity contribution in [3.8, 4) is 0 Å². The van der Waals surface area contributed by atoms with Crippen molar-refractivity contribution in [1.29, 1.82) is 0 Å². The molecule has 0 bridgehead atoms. The van der Waals surface area contributed by atoms with E-state index in [9.17, 15) is 4.79 Å². The molecule has 0 rings (SSSR count). The third-order valence-corrected chi connectivity index (χ3v) is 1.46. The predicted molar refractivity (Wildman–Crippen MR) is 49.6 cm³/mol. The van der Waals surface area contributed by atoms with Gasteiger partial charge in [0.05, 0.1) is 0 Å². The molecule has 0 fully saturated rings. The van der Waals surface area contributed by atoms with Crippen LogP contribution in [0.15, 0.2) is 25.0 Å². The smallest absolute Gasteiger partial charge is 0.311 e. The number of rotatable bonds is 6. The average molecular weight is 168 g/mol. The summed E-state index contributed by atoms with van der Waals surface area (Å²) in [5.74, 6) is 0.116. The maximum absolute atomic E-state index is 11.0. The Morgan fingerprint density at radius 2 is 2.17 bits per heavy atom. The monoisotopic (exact) mass is 168 g/mol. The van der Waals surface area contributed by atoms with Crippen LogP contribution in [0.25, 0.3) is 0 Å². The minimum Gasteiger partial charge on any atom is -0.427 e. The van der Waals surface area contributed by atoms with Crippen LogP contribution in [0.1, 0.15) is 32.6 Å². The zero-order chi connectivity index (χ0) is 9.40. The van der Waals surface area contributed by atoms with Crippen molar-refractivity contribution in [2.45, 2.75) is 32.6 Å². The summed E-state index contributed by atoms with van der Waals surface area (Å²) in [7, 11) is 0. The fraction of sp³-hybridized carbons (Fsp3) is 0.500. The van der Waals surface area contributed by atoms with Crippen LogP contribution in [0.3, 0.4) is 0 Å². The molecule has 68 valence electrons. The van der Waals surface area contributed by atoms with Gasteiger partial charge >= 0.3 is 5.97 Å². The maximum Gasteiger partial charge on any atom is 0.311 e. The zero-order valence-corrected chi connectivity index (χ0v) is 7.64. The van der Waals surface area contributed by atoms with Crippen molar-refractivity contribution < 1.29 is 9.53 Å². The minimum absolute atomic E-state index is 0.214. The second-order valence-corrected chi connectivity index (χ2v) is 2.60. The van der Waals surface area contributed by atoms with Crippen LogP contribution in [0, 0.1) is 0 Å². The lowest BCUT2D eigenvalue weighted by Gasteiger charge is -2.01. The number of allylic oxidation sites excluding steroid dienone is 1. The van der Waals surface area contributed by atoms with Crippen LogP contribution in [-0.4, -0.2) is 5.97 Å². The van der Waals surface area contributed by atoms with Crippen LogP contribution in [0.2, 0.25) is 0 Å². The number of hydrogen-bond donors (Lipinski definition) is 0. The molecule has 12 heavy (non-hydrogen) atoms. The highest BCUT2D eigenvalue weighted by molar-refractivity contribution is 5.70. The van der Waals surface area contributed by atoms with E-state index in [4.69, 9.17) is 4.74 Å². The summed E-state index contributed by atoms with van der Waals surface area (Å²) >= 11 is 0. The van der Waals surface area contributed by atoms with Gasteiger partial charge in [-0.2, -0.15) is 0 Å². The van der Waals surface area contributed by atoms with E-state index in [1.54, 1.807) is 0 Å². The van der Waals surface area contributed by atoms with Gasteiger partial charge in [0.2, 0.25) is 0 Å². The fourth-order valence-electron chi connectivity index (χ4n) is 0.758. The van der Waals surface area contributed by atoms with Crippen molar-refractivity contribution in [3.05, 3.63) is 25.0 Å². The molecule has 0 saturated heterocycles. The number of carbonyl (C=O) groups is 1. The third-order valence-electron chi connectivity index (χ3n) is 1.46. The first kappa shape index (κ1) is 11.0. The lowest BCUT2D eigenvalue weighted by atomic mass is 10.2. The highest BCUT2D eigenvalue weighted by Crippen LogP contribution is 2.03. The molecule has 0 spiro atoms. The molecule has 0 radical (unpaired) electrons. The largest absolute Gasteiger partial charge is 0.427 e. The van der Waals surface area contributed by atoms with Gasteiger partial charge in [-0.3, -0.25) is 4.79 Å². The van der Waals surface area contributed by atoms with E-state index >= 15 is 0 Å². The van der Waals surface area contributed by atoms with E-state index in [2.05, 4.69) is 20.1 Å². The molecule has 0 amide bonds. The van der Waals surface area contributed by atoms with Crippen molar-refractivity contribution in [2.75, 3.05) is 0 Å². The molecule has 0 aliphatic carbocycles. The third kappa shape index (κ3) is 5.71. The first-order valence-corrected chi connectivity index (χ1v) is 4.22. The van der Waals surface area contributed by atoms with E-state index in [1.807, 2.05) is 0 Å².